The van der Waals surface area contributed by atoms with Gasteiger partial charge in [-0.15, -0.1) is 0 Å². The number of methoxy groups -OCH3 is 1. The molecule has 3 nitrogen and oxygen atoms in total. The summed E-state index contributed by atoms with van der Waals surface area (Å²) in [7, 11) is 1.64. The molecule has 94 valence electrons. The number of hydrogen-bond donors (Lipinski definition) is 1. The lowest BCUT2D eigenvalue weighted by Crippen LogP contribution is -2.14. The predicted molar refractivity (Wildman–Crippen MR) is 72.4 cm³/mol. The fraction of sp³-hybridized carbons (Fsp3) is 0.400. The number of aromatic amines is 1. The van der Waals surface area contributed by atoms with Crippen molar-refractivity contribution in [3.63, 3.8) is 0 Å². The monoisotopic (exact) mass is 243 g/mol. The average Bonchev–Trinajstić information content (AvgIpc) is 2.63. The Morgan fingerprint density at radius 3 is 2.83 bits per heavy atom. The third kappa shape index (κ3) is 1.80. The molecule has 2 aromatic rings. The molecule has 0 radical (unpaired) electrons. The van der Waals surface area contributed by atoms with Crippen molar-refractivity contribution in [3.8, 4) is 5.75 Å². The van der Waals surface area contributed by atoms with Gasteiger partial charge in [0.25, 0.3) is 0 Å². The first-order valence-electron chi connectivity index (χ1n) is 6.51. The van der Waals surface area contributed by atoms with E-state index < -0.39 is 0 Å². The van der Waals surface area contributed by atoms with E-state index >= 15 is 0 Å². The van der Waals surface area contributed by atoms with Crippen LogP contribution in [0.5, 0.6) is 5.75 Å². The topological polar surface area (TPSA) is 42.1 Å². The van der Waals surface area contributed by atoms with Crippen LogP contribution in [-0.4, -0.2) is 12.1 Å². The van der Waals surface area contributed by atoms with E-state index in [9.17, 15) is 4.79 Å². The van der Waals surface area contributed by atoms with Crippen molar-refractivity contribution in [1.82, 2.24) is 4.98 Å². The van der Waals surface area contributed by atoms with E-state index in [4.69, 9.17) is 4.74 Å². The number of fused-ring (bicyclic) bond motifs is 2. The minimum absolute atomic E-state index is 0.198. The SMILES string of the molecule is COc1ccc2c(=O)c3c([nH]c2c1)CCCCC3. The Balaban J connectivity index is 2.27. The summed E-state index contributed by atoms with van der Waals surface area (Å²) in [5.41, 5.74) is 3.20. The number of benzene rings is 1. The number of rotatable bonds is 1. The Bertz CT molecular complexity index is 643. The average molecular weight is 243 g/mol. The number of ether oxygens (including phenoxy) is 1. The van der Waals surface area contributed by atoms with E-state index in [0.29, 0.717) is 0 Å². The molecule has 0 saturated heterocycles. The summed E-state index contributed by atoms with van der Waals surface area (Å²) >= 11 is 0. The Morgan fingerprint density at radius 2 is 2.00 bits per heavy atom. The molecule has 0 aliphatic heterocycles. The van der Waals surface area contributed by atoms with Crippen molar-refractivity contribution < 1.29 is 4.74 Å². The highest BCUT2D eigenvalue weighted by atomic mass is 16.5. The fourth-order valence-electron chi connectivity index (χ4n) is 2.75. The molecular weight excluding hydrogens is 226 g/mol. The van der Waals surface area contributed by atoms with Crippen molar-refractivity contribution in [2.75, 3.05) is 7.11 Å². The van der Waals surface area contributed by atoms with Gasteiger partial charge in [0.15, 0.2) is 5.43 Å². The highest BCUT2D eigenvalue weighted by Crippen LogP contribution is 2.22. The predicted octanol–water partition coefficient (Wildman–Crippen LogP) is 2.81. The molecule has 1 aliphatic carbocycles. The van der Waals surface area contributed by atoms with Gasteiger partial charge in [-0.25, -0.2) is 0 Å². The molecule has 18 heavy (non-hydrogen) atoms. The Hall–Kier alpha value is -1.77. The smallest absolute Gasteiger partial charge is 0.192 e. The number of pyridine rings is 1. The quantitative estimate of drug-likeness (QED) is 0.782. The molecule has 0 spiro atoms. The third-order valence-electron chi connectivity index (χ3n) is 3.75. The van der Waals surface area contributed by atoms with Gasteiger partial charge in [-0.1, -0.05) is 6.42 Å². The van der Waals surface area contributed by atoms with Gasteiger partial charge < -0.3 is 9.72 Å². The number of aryl methyl sites for hydroxylation is 1. The first-order chi connectivity index (χ1) is 8.79. The number of H-pyrrole nitrogens is 1. The van der Waals surface area contributed by atoms with E-state index in [1.165, 1.54) is 12.8 Å². The van der Waals surface area contributed by atoms with Gasteiger partial charge in [-0.05, 0) is 37.8 Å². The molecule has 1 aromatic carbocycles. The molecule has 0 amide bonds. The lowest BCUT2D eigenvalue weighted by Gasteiger charge is -2.09. The molecule has 1 aliphatic rings. The third-order valence-corrected chi connectivity index (χ3v) is 3.75. The van der Waals surface area contributed by atoms with Crippen LogP contribution in [-0.2, 0) is 12.8 Å². The lowest BCUT2D eigenvalue weighted by atomic mass is 10.0. The van der Waals surface area contributed by atoms with Crippen LogP contribution < -0.4 is 10.2 Å². The number of nitrogens with one attached hydrogen (secondary N) is 1. The maximum Gasteiger partial charge on any atom is 0.192 e. The minimum Gasteiger partial charge on any atom is -0.497 e. The van der Waals surface area contributed by atoms with Crippen molar-refractivity contribution in [1.29, 1.82) is 0 Å². The first-order valence-corrected chi connectivity index (χ1v) is 6.51. The molecule has 0 saturated carbocycles. The van der Waals surface area contributed by atoms with E-state index in [-0.39, 0.29) is 5.43 Å². The molecule has 0 unspecified atom stereocenters. The summed E-state index contributed by atoms with van der Waals surface area (Å²) in [6, 6.07) is 5.61. The summed E-state index contributed by atoms with van der Waals surface area (Å²) in [4.78, 5) is 15.9. The van der Waals surface area contributed by atoms with E-state index in [1.807, 2.05) is 18.2 Å². The fourth-order valence-corrected chi connectivity index (χ4v) is 2.75. The van der Waals surface area contributed by atoms with Crippen LogP contribution in [0.2, 0.25) is 0 Å². The molecule has 1 N–H and O–H groups in total. The zero-order valence-corrected chi connectivity index (χ0v) is 10.6. The molecule has 0 fully saturated rings. The van der Waals surface area contributed by atoms with Gasteiger partial charge >= 0.3 is 0 Å². The maximum absolute atomic E-state index is 12.5. The second kappa shape index (κ2) is 4.48. The van der Waals surface area contributed by atoms with Gasteiger partial charge in [0, 0.05) is 22.7 Å². The molecule has 0 atom stereocenters. The molecular formula is C15H17NO2. The highest BCUT2D eigenvalue weighted by molar-refractivity contribution is 5.81. The normalized spacial score (nSPS) is 15.2. The Morgan fingerprint density at radius 1 is 1.17 bits per heavy atom. The van der Waals surface area contributed by atoms with Gasteiger partial charge in [0.1, 0.15) is 5.75 Å². The minimum atomic E-state index is 0.198. The summed E-state index contributed by atoms with van der Waals surface area (Å²) < 4.78 is 5.21. The summed E-state index contributed by atoms with van der Waals surface area (Å²) in [5.74, 6) is 0.784. The van der Waals surface area contributed by atoms with Crippen LogP contribution in [0.4, 0.5) is 0 Å². The summed E-state index contributed by atoms with van der Waals surface area (Å²) in [5, 5.41) is 0.774. The molecule has 1 heterocycles. The number of aromatic nitrogens is 1. The van der Waals surface area contributed by atoms with Crippen molar-refractivity contribution in [2.24, 2.45) is 0 Å². The van der Waals surface area contributed by atoms with Gasteiger partial charge in [-0.2, -0.15) is 0 Å². The van der Waals surface area contributed by atoms with Crippen LogP contribution in [0.25, 0.3) is 10.9 Å². The zero-order valence-electron chi connectivity index (χ0n) is 10.6. The first kappa shape index (κ1) is 11.3. The largest absolute Gasteiger partial charge is 0.497 e. The van der Waals surface area contributed by atoms with E-state index in [1.54, 1.807) is 7.11 Å². The second-order valence-corrected chi connectivity index (χ2v) is 4.88. The van der Waals surface area contributed by atoms with E-state index in [2.05, 4.69) is 4.98 Å². The standard InChI is InChI=1S/C15H17NO2/c1-18-10-7-8-12-14(9-10)16-13-6-4-2-3-5-11(13)15(12)17/h7-9H,2-6H2,1H3,(H,16,17). The molecule has 3 rings (SSSR count). The van der Waals surface area contributed by atoms with Gasteiger partial charge in [0.05, 0.1) is 12.6 Å². The van der Waals surface area contributed by atoms with Crippen molar-refractivity contribution in [3.05, 3.63) is 39.7 Å². The Kier molecular flexibility index (Phi) is 2.82. The summed E-state index contributed by atoms with van der Waals surface area (Å²) in [6.07, 6.45) is 5.39. The maximum atomic E-state index is 12.5. The Labute approximate surface area is 106 Å². The van der Waals surface area contributed by atoms with E-state index in [0.717, 1.165) is 47.2 Å². The van der Waals surface area contributed by atoms with Crippen LogP contribution in [0.3, 0.4) is 0 Å². The zero-order chi connectivity index (χ0) is 12.5. The summed E-state index contributed by atoms with van der Waals surface area (Å²) in [6.45, 7) is 0. The van der Waals surface area contributed by atoms with Gasteiger partial charge in [-0.3, -0.25) is 4.79 Å². The highest BCUT2D eigenvalue weighted by Gasteiger charge is 2.14. The number of hydrogen-bond acceptors (Lipinski definition) is 2. The van der Waals surface area contributed by atoms with Crippen LogP contribution in [0.15, 0.2) is 23.0 Å². The van der Waals surface area contributed by atoms with Crippen LogP contribution in [0.1, 0.15) is 30.5 Å². The molecule has 3 heteroatoms. The molecule has 0 bridgehead atoms. The van der Waals surface area contributed by atoms with Crippen LogP contribution >= 0.6 is 0 Å². The lowest BCUT2D eigenvalue weighted by molar-refractivity contribution is 0.415. The second-order valence-electron chi connectivity index (χ2n) is 4.88. The van der Waals surface area contributed by atoms with Gasteiger partial charge in [0.2, 0.25) is 0 Å². The van der Waals surface area contributed by atoms with Crippen molar-refractivity contribution >= 4 is 10.9 Å². The van der Waals surface area contributed by atoms with Crippen molar-refractivity contribution in [2.45, 2.75) is 32.1 Å². The molecule has 1 aromatic heterocycles. The van der Waals surface area contributed by atoms with Crippen LogP contribution in [0, 0.1) is 0 Å².